The van der Waals surface area contributed by atoms with Crippen molar-refractivity contribution in [2.75, 3.05) is 11.5 Å². The quantitative estimate of drug-likeness (QED) is 0.729. The zero-order chi connectivity index (χ0) is 18.7. The highest BCUT2D eigenvalue weighted by Crippen LogP contribution is 2.37. The lowest BCUT2D eigenvalue weighted by molar-refractivity contribution is -0.126. The first-order chi connectivity index (χ1) is 11.4. The van der Waals surface area contributed by atoms with Crippen molar-refractivity contribution < 1.29 is 22.5 Å². The molecule has 1 aromatic heterocycles. The van der Waals surface area contributed by atoms with Crippen LogP contribution in [0.3, 0.4) is 0 Å². The molecule has 0 atom stereocenters. The lowest BCUT2D eigenvalue weighted by atomic mass is 9.81. The number of Topliss-reactive ketones (excluding diaryl/α,β-unsaturated/α-hetero) is 1. The van der Waals surface area contributed by atoms with E-state index in [2.05, 4.69) is 5.10 Å². The zero-order valence-electron chi connectivity index (χ0n) is 15.4. The Morgan fingerprint density at radius 2 is 1.68 bits per heavy atom. The fraction of sp³-hybridized carbons (Fsp3) is 0.750. The minimum absolute atomic E-state index is 0.00172. The number of hydrogen-bond acceptors (Lipinski definition) is 6. The van der Waals surface area contributed by atoms with E-state index in [-0.39, 0.29) is 30.1 Å². The summed E-state index contributed by atoms with van der Waals surface area (Å²) in [6, 6.07) is 0. The average molecular weight is 368 g/mol. The molecule has 0 radical (unpaired) electrons. The van der Waals surface area contributed by atoms with Crippen LogP contribution >= 0.6 is 0 Å². The first-order valence-corrected chi connectivity index (χ1v) is 10.3. The van der Waals surface area contributed by atoms with Gasteiger partial charge in [0.05, 0.1) is 22.7 Å². The standard InChI is InChI=1S/C16H25BN2O5S/c1-12(20)16(6-8-25(21,22)9-7-16)19-11-13(10-18-19)17-23-14(2,3)15(4,5)24-17/h10-11H,6-9H2,1-5H3. The van der Waals surface area contributed by atoms with Crippen molar-refractivity contribution in [2.24, 2.45) is 0 Å². The molecule has 0 aromatic carbocycles. The molecule has 0 bridgehead atoms. The number of carbonyl (C=O) groups is 1. The molecule has 1 aromatic rings. The molecule has 2 aliphatic rings. The van der Waals surface area contributed by atoms with Crippen LogP contribution in [0.4, 0.5) is 0 Å². The van der Waals surface area contributed by atoms with Crippen LogP contribution in [0.1, 0.15) is 47.5 Å². The van der Waals surface area contributed by atoms with Crippen LogP contribution in [0.25, 0.3) is 0 Å². The van der Waals surface area contributed by atoms with Crippen LogP contribution in [0.15, 0.2) is 12.4 Å². The largest absolute Gasteiger partial charge is 0.498 e. The van der Waals surface area contributed by atoms with E-state index in [4.69, 9.17) is 9.31 Å². The SMILES string of the molecule is CC(=O)C1(n2cc(B3OC(C)(C)C(C)(C)O3)cn2)CCS(=O)(=O)CC1. The Kier molecular flexibility index (Phi) is 4.21. The monoisotopic (exact) mass is 368 g/mol. The zero-order valence-corrected chi connectivity index (χ0v) is 16.2. The minimum atomic E-state index is -3.08. The van der Waals surface area contributed by atoms with Crippen molar-refractivity contribution in [1.29, 1.82) is 0 Å². The Bertz CT molecular complexity index is 769. The van der Waals surface area contributed by atoms with Gasteiger partial charge < -0.3 is 9.31 Å². The van der Waals surface area contributed by atoms with Gasteiger partial charge in [0.25, 0.3) is 0 Å². The minimum Gasteiger partial charge on any atom is -0.399 e. The second-order valence-electron chi connectivity index (χ2n) is 8.05. The summed E-state index contributed by atoms with van der Waals surface area (Å²) in [5.41, 5.74) is -1.10. The van der Waals surface area contributed by atoms with Gasteiger partial charge in [-0.05, 0) is 47.5 Å². The van der Waals surface area contributed by atoms with E-state index in [1.165, 1.54) is 6.92 Å². The normalized spacial score (nSPS) is 26.5. The van der Waals surface area contributed by atoms with Gasteiger partial charge in [-0.15, -0.1) is 0 Å². The number of nitrogens with zero attached hydrogens (tertiary/aromatic N) is 2. The maximum Gasteiger partial charge on any atom is 0.498 e. The fourth-order valence-corrected chi connectivity index (χ4v) is 4.79. The van der Waals surface area contributed by atoms with E-state index in [1.54, 1.807) is 17.1 Å². The van der Waals surface area contributed by atoms with Gasteiger partial charge in [0, 0.05) is 17.9 Å². The second kappa shape index (κ2) is 5.66. The molecule has 0 spiro atoms. The molecule has 3 heterocycles. The maximum absolute atomic E-state index is 12.4. The van der Waals surface area contributed by atoms with E-state index in [1.807, 2.05) is 27.7 Å². The molecule has 138 valence electrons. The van der Waals surface area contributed by atoms with Crippen LogP contribution in [0.5, 0.6) is 0 Å². The van der Waals surface area contributed by atoms with Gasteiger partial charge in [-0.1, -0.05) is 0 Å². The molecule has 0 N–H and O–H groups in total. The van der Waals surface area contributed by atoms with Crippen molar-refractivity contribution in [2.45, 2.75) is 64.2 Å². The predicted octanol–water partition coefficient (Wildman–Crippen LogP) is 0.675. The molecule has 25 heavy (non-hydrogen) atoms. The summed E-state index contributed by atoms with van der Waals surface area (Å²) in [6.07, 6.45) is 3.88. The molecule has 2 aliphatic heterocycles. The van der Waals surface area contributed by atoms with Crippen LogP contribution in [-0.4, -0.2) is 53.8 Å². The van der Waals surface area contributed by atoms with Crippen LogP contribution < -0.4 is 5.46 Å². The van der Waals surface area contributed by atoms with Gasteiger partial charge in [-0.2, -0.15) is 5.10 Å². The summed E-state index contributed by atoms with van der Waals surface area (Å²) < 4.78 is 37.2. The number of carbonyl (C=O) groups excluding carboxylic acids is 1. The Hall–Kier alpha value is -1.19. The number of rotatable bonds is 3. The molecule has 2 saturated heterocycles. The Morgan fingerprint density at radius 3 is 2.16 bits per heavy atom. The van der Waals surface area contributed by atoms with Crippen molar-refractivity contribution >= 4 is 28.2 Å². The summed E-state index contributed by atoms with van der Waals surface area (Å²) in [7, 11) is -3.64. The Balaban J connectivity index is 1.89. The van der Waals surface area contributed by atoms with Crippen LogP contribution in [-0.2, 0) is 29.5 Å². The molecule has 0 amide bonds. The first-order valence-electron chi connectivity index (χ1n) is 8.51. The van der Waals surface area contributed by atoms with E-state index >= 15 is 0 Å². The third-order valence-corrected chi connectivity index (χ3v) is 7.53. The summed E-state index contributed by atoms with van der Waals surface area (Å²) in [5.74, 6) is -0.0813. The molecule has 2 fully saturated rings. The van der Waals surface area contributed by atoms with Crippen LogP contribution in [0.2, 0.25) is 0 Å². The van der Waals surface area contributed by atoms with Crippen molar-refractivity contribution in [3.8, 4) is 0 Å². The topological polar surface area (TPSA) is 87.5 Å². The van der Waals surface area contributed by atoms with Crippen LogP contribution in [0, 0.1) is 0 Å². The fourth-order valence-electron chi connectivity index (χ4n) is 3.29. The molecular weight excluding hydrogens is 343 g/mol. The van der Waals surface area contributed by atoms with Gasteiger partial charge in [-0.25, -0.2) is 8.42 Å². The molecule has 0 unspecified atom stereocenters. The predicted molar refractivity (Wildman–Crippen MR) is 94.5 cm³/mol. The lowest BCUT2D eigenvalue weighted by Crippen LogP contribution is -2.47. The molecule has 0 saturated carbocycles. The number of hydrogen-bond donors (Lipinski definition) is 0. The second-order valence-corrected chi connectivity index (χ2v) is 10.3. The van der Waals surface area contributed by atoms with Crippen molar-refractivity contribution in [3.63, 3.8) is 0 Å². The van der Waals surface area contributed by atoms with Crippen molar-refractivity contribution in [1.82, 2.24) is 9.78 Å². The van der Waals surface area contributed by atoms with E-state index < -0.39 is 33.7 Å². The lowest BCUT2D eigenvalue weighted by Gasteiger charge is -2.35. The van der Waals surface area contributed by atoms with Crippen molar-refractivity contribution in [3.05, 3.63) is 12.4 Å². The Morgan fingerprint density at radius 1 is 1.16 bits per heavy atom. The molecule has 0 aliphatic carbocycles. The summed E-state index contributed by atoms with van der Waals surface area (Å²) in [4.78, 5) is 12.4. The third kappa shape index (κ3) is 3.06. The average Bonchev–Trinajstić information content (AvgIpc) is 3.03. The highest BCUT2D eigenvalue weighted by molar-refractivity contribution is 7.91. The first kappa shape index (κ1) is 18.6. The molecule has 3 rings (SSSR count). The third-order valence-electron chi connectivity index (χ3n) is 5.88. The van der Waals surface area contributed by atoms with Gasteiger partial charge in [0.1, 0.15) is 5.54 Å². The summed E-state index contributed by atoms with van der Waals surface area (Å²) >= 11 is 0. The van der Waals surface area contributed by atoms with Gasteiger partial charge in [-0.3, -0.25) is 9.48 Å². The molecular formula is C16H25BN2O5S. The van der Waals surface area contributed by atoms with E-state index in [0.29, 0.717) is 0 Å². The van der Waals surface area contributed by atoms with Gasteiger partial charge in [0.15, 0.2) is 15.6 Å². The van der Waals surface area contributed by atoms with E-state index in [9.17, 15) is 13.2 Å². The van der Waals surface area contributed by atoms with E-state index in [0.717, 1.165) is 5.46 Å². The highest BCUT2D eigenvalue weighted by atomic mass is 32.2. The van der Waals surface area contributed by atoms with Gasteiger partial charge in [0.2, 0.25) is 0 Å². The number of sulfone groups is 1. The molecule has 9 heteroatoms. The number of ketones is 1. The highest BCUT2D eigenvalue weighted by Gasteiger charge is 2.52. The Labute approximate surface area is 149 Å². The maximum atomic E-state index is 12.4. The number of aromatic nitrogens is 2. The van der Waals surface area contributed by atoms with Gasteiger partial charge >= 0.3 is 7.12 Å². The summed E-state index contributed by atoms with van der Waals surface area (Å²) in [5, 5.41) is 4.36. The summed E-state index contributed by atoms with van der Waals surface area (Å²) in [6.45, 7) is 9.38. The smallest absolute Gasteiger partial charge is 0.399 e. The molecule has 7 nitrogen and oxygen atoms in total.